The number of carbonyl (C=O) groups excluding carboxylic acids is 2. The van der Waals surface area contributed by atoms with Gasteiger partial charge in [0.2, 0.25) is 11.8 Å². The van der Waals surface area contributed by atoms with Gasteiger partial charge in [-0.05, 0) is 66.8 Å². The summed E-state index contributed by atoms with van der Waals surface area (Å²) >= 11 is 0. The zero-order chi connectivity index (χ0) is 24.2. The van der Waals surface area contributed by atoms with E-state index in [0.717, 1.165) is 24.0 Å². The number of hydrogen-bond donors (Lipinski definition) is 1. The predicted molar refractivity (Wildman–Crippen MR) is 131 cm³/mol. The largest absolute Gasteiger partial charge is 0.436 e. The molecule has 0 spiro atoms. The lowest BCUT2D eigenvalue weighted by molar-refractivity contribution is -0.122. The zero-order valence-electron chi connectivity index (χ0n) is 19.2. The fraction of sp³-hybridized carbons (Fsp3) is 0.250. The van der Waals surface area contributed by atoms with Gasteiger partial charge in [-0.2, -0.15) is 0 Å². The van der Waals surface area contributed by atoms with E-state index < -0.39 is 0 Å². The van der Waals surface area contributed by atoms with E-state index in [1.165, 1.54) is 12.1 Å². The lowest BCUT2D eigenvalue weighted by atomic mass is 9.92. The third-order valence-electron chi connectivity index (χ3n) is 6.43. The van der Waals surface area contributed by atoms with Crippen molar-refractivity contribution >= 4 is 22.9 Å². The SMILES string of the molecule is O=C(CC1CCN(C(=O)c2ccc3nc(-c4ccccc4)oc3c2)CC1)NCc1ccc(F)cc1. The van der Waals surface area contributed by atoms with Gasteiger partial charge in [0.25, 0.3) is 5.91 Å². The van der Waals surface area contributed by atoms with E-state index in [2.05, 4.69) is 10.3 Å². The molecule has 1 aliphatic heterocycles. The normalized spacial score (nSPS) is 14.3. The number of likely N-dealkylation sites (tertiary alicyclic amines) is 1. The van der Waals surface area contributed by atoms with Crippen LogP contribution in [0, 0.1) is 11.7 Å². The number of hydrogen-bond acceptors (Lipinski definition) is 4. The topological polar surface area (TPSA) is 75.4 Å². The molecule has 35 heavy (non-hydrogen) atoms. The van der Waals surface area contributed by atoms with Crippen molar-refractivity contribution in [3.8, 4) is 11.5 Å². The number of amides is 2. The van der Waals surface area contributed by atoms with Gasteiger partial charge in [0.05, 0.1) is 0 Å². The van der Waals surface area contributed by atoms with Crippen molar-refractivity contribution in [2.24, 2.45) is 5.92 Å². The molecule has 2 amide bonds. The number of halogens is 1. The number of rotatable bonds is 6. The Morgan fingerprint density at radius 1 is 1.00 bits per heavy atom. The molecule has 0 atom stereocenters. The first kappa shape index (κ1) is 22.8. The van der Waals surface area contributed by atoms with Crippen molar-refractivity contribution in [3.05, 3.63) is 89.7 Å². The summed E-state index contributed by atoms with van der Waals surface area (Å²) in [5, 5.41) is 2.90. The third-order valence-corrected chi connectivity index (χ3v) is 6.43. The summed E-state index contributed by atoms with van der Waals surface area (Å²) in [6.07, 6.45) is 1.98. The van der Waals surface area contributed by atoms with Crippen LogP contribution in [0.5, 0.6) is 0 Å². The summed E-state index contributed by atoms with van der Waals surface area (Å²) in [6.45, 7) is 1.60. The molecule has 0 unspecified atom stereocenters. The molecule has 6 nitrogen and oxygen atoms in total. The summed E-state index contributed by atoms with van der Waals surface area (Å²) in [7, 11) is 0. The number of nitrogens with one attached hydrogen (secondary N) is 1. The summed E-state index contributed by atoms with van der Waals surface area (Å²) in [6, 6.07) is 21.1. The van der Waals surface area contributed by atoms with Crippen LogP contribution >= 0.6 is 0 Å². The van der Waals surface area contributed by atoms with E-state index in [0.29, 0.717) is 48.6 Å². The average Bonchev–Trinajstić information content (AvgIpc) is 3.32. The fourth-order valence-electron chi connectivity index (χ4n) is 4.42. The first-order valence-corrected chi connectivity index (χ1v) is 11.8. The molecule has 0 aliphatic carbocycles. The minimum absolute atomic E-state index is 0.0240. The van der Waals surface area contributed by atoms with Crippen LogP contribution in [-0.4, -0.2) is 34.8 Å². The molecule has 1 aliphatic rings. The first-order chi connectivity index (χ1) is 17.0. The van der Waals surface area contributed by atoms with Gasteiger partial charge in [-0.15, -0.1) is 0 Å². The Bertz CT molecular complexity index is 1330. The highest BCUT2D eigenvalue weighted by Crippen LogP contribution is 2.26. The summed E-state index contributed by atoms with van der Waals surface area (Å²) in [5.41, 5.74) is 3.62. The lowest BCUT2D eigenvalue weighted by Crippen LogP contribution is -2.39. The average molecular weight is 472 g/mol. The van der Waals surface area contributed by atoms with E-state index in [9.17, 15) is 14.0 Å². The second-order valence-corrected chi connectivity index (χ2v) is 8.91. The minimum atomic E-state index is -0.293. The summed E-state index contributed by atoms with van der Waals surface area (Å²) in [4.78, 5) is 31.8. The molecule has 5 rings (SSSR count). The van der Waals surface area contributed by atoms with Gasteiger partial charge in [-0.1, -0.05) is 30.3 Å². The monoisotopic (exact) mass is 471 g/mol. The van der Waals surface area contributed by atoms with Gasteiger partial charge in [-0.3, -0.25) is 9.59 Å². The molecule has 1 N–H and O–H groups in total. The number of nitrogens with zero attached hydrogens (tertiary/aromatic N) is 2. The highest BCUT2D eigenvalue weighted by atomic mass is 19.1. The Hall–Kier alpha value is -4.00. The molecule has 1 saturated heterocycles. The predicted octanol–water partition coefficient (Wildman–Crippen LogP) is 5.19. The first-order valence-electron chi connectivity index (χ1n) is 11.8. The Labute approximate surface area is 202 Å². The Morgan fingerprint density at radius 3 is 2.49 bits per heavy atom. The van der Waals surface area contributed by atoms with Gasteiger partial charge in [0.1, 0.15) is 11.3 Å². The molecule has 0 saturated carbocycles. The number of carbonyl (C=O) groups is 2. The zero-order valence-corrected chi connectivity index (χ0v) is 19.2. The van der Waals surface area contributed by atoms with Gasteiger partial charge in [0.15, 0.2) is 5.58 Å². The number of aromatic nitrogens is 1. The van der Waals surface area contributed by atoms with Gasteiger partial charge >= 0.3 is 0 Å². The molecule has 0 bridgehead atoms. The molecule has 3 aromatic carbocycles. The van der Waals surface area contributed by atoms with Crippen molar-refractivity contribution in [1.82, 2.24) is 15.2 Å². The van der Waals surface area contributed by atoms with Crippen LogP contribution in [0.15, 0.2) is 77.2 Å². The second-order valence-electron chi connectivity index (χ2n) is 8.91. The van der Waals surface area contributed by atoms with Crippen LogP contribution in [0.2, 0.25) is 0 Å². The highest BCUT2D eigenvalue weighted by Gasteiger charge is 2.25. The standard InChI is InChI=1S/C28H26FN3O3/c29-23-9-6-20(7-10-23)18-30-26(33)16-19-12-14-32(15-13-19)28(34)22-8-11-24-25(17-22)35-27(31-24)21-4-2-1-3-5-21/h1-11,17,19H,12-16,18H2,(H,30,33). The number of piperidine rings is 1. The van der Waals surface area contributed by atoms with E-state index in [1.54, 1.807) is 24.3 Å². The van der Waals surface area contributed by atoms with E-state index >= 15 is 0 Å². The van der Waals surface area contributed by atoms with Gasteiger partial charge in [0, 0.05) is 37.2 Å². The number of oxazole rings is 1. The molecule has 4 aromatic rings. The maximum absolute atomic E-state index is 13.1. The molecular weight excluding hydrogens is 445 g/mol. The van der Waals surface area contributed by atoms with Crippen LogP contribution in [0.4, 0.5) is 4.39 Å². The van der Waals surface area contributed by atoms with Crippen LogP contribution in [0.25, 0.3) is 22.6 Å². The quantitative estimate of drug-likeness (QED) is 0.420. The van der Waals surface area contributed by atoms with E-state index in [1.807, 2.05) is 41.3 Å². The Balaban J connectivity index is 1.14. The van der Waals surface area contributed by atoms with Crippen molar-refractivity contribution in [2.75, 3.05) is 13.1 Å². The van der Waals surface area contributed by atoms with Crippen LogP contribution in [0.3, 0.4) is 0 Å². The number of benzene rings is 3. The van der Waals surface area contributed by atoms with E-state index in [4.69, 9.17) is 4.42 Å². The maximum Gasteiger partial charge on any atom is 0.253 e. The van der Waals surface area contributed by atoms with Gasteiger partial charge in [-0.25, -0.2) is 9.37 Å². The van der Waals surface area contributed by atoms with Crippen molar-refractivity contribution in [2.45, 2.75) is 25.8 Å². The fourth-order valence-corrected chi connectivity index (χ4v) is 4.42. The summed E-state index contributed by atoms with van der Waals surface area (Å²) in [5.74, 6) is 0.410. The molecular formula is C28H26FN3O3. The van der Waals surface area contributed by atoms with E-state index in [-0.39, 0.29) is 23.5 Å². The molecule has 1 fully saturated rings. The third kappa shape index (κ3) is 5.40. The number of fused-ring (bicyclic) bond motifs is 1. The molecule has 2 heterocycles. The second kappa shape index (κ2) is 10.1. The molecule has 7 heteroatoms. The Morgan fingerprint density at radius 2 is 1.74 bits per heavy atom. The van der Waals surface area contributed by atoms with Crippen molar-refractivity contribution in [1.29, 1.82) is 0 Å². The van der Waals surface area contributed by atoms with Crippen LogP contribution in [-0.2, 0) is 11.3 Å². The van der Waals surface area contributed by atoms with Gasteiger partial charge < -0.3 is 14.6 Å². The summed E-state index contributed by atoms with van der Waals surface area (Å²) < 4.78 is 18.9. The highest BCUT2D eigenvalue weighted by molar-refractivity contribution is 5.97. The van der Waals surface area contributed by atoms with Crippen molar-refractivity contribution in [3.63, 3.8) is 0 Å². The molecule has 0 radical (unpaired) electrons. The molecule has 178 valence electrons. The van der Waals surface area contributed by atoms with Crippen molar-refractivity contribution < 1.29 is 18.4 Å². The lowest BCUT2D eigenvalue weighted by Gasteiger charge is -2.31. The maximum atomic E-state index is 13.1. The Kier molecular flexibility index (Phi) is 6.57. The smallest absolute Gasteiger partial charge is 0.253 e. The van der Waals surface area contributed by atoms with Crippen LogP contribution < -0.4 is 5.32 Å². The minimum Gasteiger partial charge on any atom is -0.436 e. The van der Waals surface area contributed by atoms with Crippen LogP contribution in [0.1, 0.15) is 35.2 Å². The molecule has 1 aromatic heterocycles.